The fraction of sp³-hybridized carbons (Fsp3) is 0.240. The lowest BCUT2D eigenvalue weighted by molar-refractivity contribution is 0.566. The number of hydrogen-bond donors (Lipinski definition) is 2. The molecule has 0 aliphatic carbocycles. The van der Waals surface area contributed by atoms with Crippen molar-refractivity contribution < 1.29 is 21.6 Å². The van der Waals surface area contributed by atoms with E-state index in [0.29, 0.717) is 17.0 Å². The molecule has 2 aromatic heterocycles. The quantitative estimate of drug-likeness (QED) is 0.209. The van der Waals surface area contributed by atoms with Gasteiger partial charge in [0.05, 0.1) is 37.6 Å². The lowest BCUT2D eigenvalue weighted by Gasteiger charge is -2.10. The van der Waals surface area contributed by atoms with Crippen LogP contribution in [0.1, 0.15) is 24.8 Å². The average molecular weight is 580 g/mol. The molecule has 2 heterocycles. The van der Waals surface area contributed by atoms with E-state index in [1.165, 1.54) is 23.5 Å². The molecule has 0 atom stereocenters. The third kappa shape index (κ3) is 7.03. The molecule has 200 valence electrons. The third-order valence-corrected chi connectivity index (χ3v) is 8.38. The molecule has 0 unspecified atom stereocenters. The summed E-state index contributed by atoms with van der Waals surface area (Å²) in [4.78, 5) is 14.4. The standard InChI is InChI=1S/C25H24F3N5O2S3/c1-14(2)24-32-22(23(36-24)19-8-9-29-25(31-19)30-10-11-38(3,34)35)15-4-6-17(27)20(12-15)33-37-21-7-5-16(26)13-18(21)28/h4-9,12-14,33H,10-11H2,1-3H3,(H,29,30,31). The van der Waals surface area contributed by atoms with Gasteiger partial charge in [0.1, 0.15) is 27.3 Å². The van der Waals surface area contributed by atoms with Gasteiger partial charge >= 0.3 is 0 Å². The highest BCUT2D eigenvalue weighted by Gasteiger charge is 2.20. The van der Waals surface area contributed by atoms with E-state index in [1.54, 1.807) is 24.4 Å². The van der Waals surface area contributed by atoms with Gasteiger partial charge in [-0.2, -0.15) is 0 Å². The number of halogens is 3. The van der Waals surface area contributed by atoms with Crippen LogP contribution in [-0.4, -0.2) is 41.9 Å². The van der Waals surface area contributed by atoms with Gasteiger partial charge in [0.2, 0.25) is 5.95 Å². The fourth-order valence-corrected chi connectivity index (χ4v) is 5.49. The van der Waals surface area contributed by atoms with Crippen LogP contribution in [0.2, 0.25) is 0 Å². The van der Waals surface area contributed by atoms with E-state index in [-0.39, 0.29) is 34.7 Å². The zero-order chi connectivity index (χ0) is 27.4. The lowest BCUT2D eigenvalue weighted by atomic mass is 10.1. The molecule has 2 N–H and O–H groups in total. The minimum Gasteiger partial charge on any atom is -0.353 e. The number of rotatable bonds is 10. The van der Waals surface area contributed by atoms with Gasteiger partial charge in [-0.3, -0.25) is 0 Å². The second kappa shape index (κ2) is 11.7. The summed E-state index contributed by atoms with van der Waals surface area (Å²) in [5, 5.41) is 3.77. The third-order valence-electron chi connectivity index (χ3n) is 5.19. The summed E-state index contributed by atoms with van der Waals surface area (Å²) in [6.45, 7) is 4.18. The maximum absolute atomic E-state index is 14.6. The smallest absolute Gasteiger partial charge is 0.223 e. The number of nitrogens with one attached hydrogen (secondary N) is 2. The normalized spacial score (nSPS) is 11.7. The summed E-state index contributed by atoms with van der Waals surface area (Å²) >= 11 is 2.27. The Balaban J connectivity index is 1.65. The van der Waals surface area contributed by atoms with Crippen molar-refractivity contribution in [1.29, 1.82) is 0 Å². The van der Waals surface area contributed by atoms with Gasteiger partial charge in [0.25, 0.3) is 0 Å². The molecule has 0 radical (unpaired) electrons. The molecule has 7 nitrogen and oxygen atoms in total. The number of aromatic nitrogens is 3. The van der Waals surface area contributed by atoms with Crippen molar-refractivity contribution in [3.8, 4) is 21.8 Å². The zero-order valence-electron chi connectivity index (χ0n) is 20.6. The Bertz CT molecular complexity index is 1560. The number of thiazole rings is 1. The van der Waals surface area contributed by atoms with Crippen LogP contribution in [0, 0.1) is 17.5 Å². The maximum Gasteiger partial charge on any atom is 0.223 e. The van der Waals surface area contributed by atoms with E-state index in [4.69, 9.17) is 4.98 Å². The van der Waals surface area contributed by atoms with Crippen LogP contribution < -0.4 is 10.0 Å². The van der Waals surface area contributed by atoms with Crippen LogP contribution in [0.15, 0.2) is 53.6 Å². The zero-order valence-corrected chi connectivity index (χ0v) is 23.1. The highest BCUT2D eigenvalue weighted by atomic mass is 32.2. The van der Waals surface area contributed by atoms with E-state index in [2.05, 4.69) is 20.0 Å². The Hall–Kier alpha value is -3.16. The predicted molar refractivity (Wildman–Crippen MR) is 147 cm³/mol. The largest absolute Gasteiger partial charge is 0.353 e. The molecular formula is C25H24F3N5O2S3. The van der Waals surface area contributed by atoms with Crippen molar-refractivity contribution in [2.45, 2.75) is 24.7 Å². The van der Waals surface area contributed by atoms with Gasteiger partial charge in [-0.15, -0.1) is 11.3 Å². The Kier molecular flexibility index (Phi) is 8.58. The van der Waals surface area contributed by atoms with E-state index in [9.17, 15) is 21.6 Å². The Morgan fingerprint density at radius 2 is 1.82 bits per heavy atom. The number of benzene rings is 2. The number of hydrogen-bond acceptors (Lipinski definition) is 9. The average Bonchev–Trinajstić information content (AvgIpc) is 3.30. The van der Waals surface area contributed by atoms with Crippen molar-refractivity contribution in [3.63, 3.8) is 0 Å². The molecule has 0 saturated heterocycles. The molecule has 0 fully saturated rings. The molecule has 0 aliphatic heterocycles. The fourth-order valence-electron chi connectivity index (χ4n) is 3.29. The Morgan fingerprint density at radius 1 is 1.03 bits per heavy atom. The van der Waals surface area contributed by atoms with Gasteiger partial charge in [0.15, 0.2) is 0 Å². The Morgan fingerprint density at radius 3 is 2.53 bits per heavy atom. The summed E-state index contributed by atoms with van der Waals surface area (Å²) in [6, 6.07) is 9.33. The lowest BCUT2D eigenvalue weighted by Crippen LogP contribution is -2.15. The summed E-state index contributed by atoms with van der Waals surface area (Å²) in [6.07, 6.45) is 2.72. The first kappa shape index (κ1) is 27.9. The van der Waals surface area contributed by atoms with Gasteiger partial charge in [-0.1, -0.05) is 13.8 Å². The van der Waals surface area contributed by atoms with Crippen LogP contribution in [0.25, 0.3) is 21.8 Å². The summed E-state index contributed by atoms with van der Waals surface area (Å²) < 4.78 is 67.6. The van der Waals surface area contributed by atoms with Crippen molar-refractivity contribution in [1.82, 2.24) is 15.0 Å². The number of nitrogens with zero attached hydrogens (tertiary/aromatic N) is 3. The maximum atomic E-state index is 14.6. The molecule has 4 rings (SSSR count). The van der Waals surface area contributed by atoms with E-state index >= 15 is 0 Å². The minimum atomic E-state index is -3.14. The van der Waals surface area contributed by atoms with Crippen molar-refractivity contribution >= 4 is 44.8 Å². The molecule has 13 heteroatoms. The first-order valence-corrected chi connectivity index (χ1v) is 15.1. The van der Waals surface area contributed by atoms with Crippen LogP contribution in [0.5, 0.6) is 0 Å². The van der Waals surface area contributed by atoms with Crippen molar-refractivity contribution in [3.05, 3.63) is 71.1 Å². The number of sulfone groups is 1. The second-order valence-corrected chi connectivity index (χ2v) is 12.8. The molecule has 38 heavy (non-hydrogen) atoms. The molecule has 0 aliphatic rings. The number of anilines is 2. The molecule has 2 aromatic carbocycles. The summed E-state index contributed by atoms with van der Waals surface area (Å²) in [5.41, 5.74) is 1.87. The molecular weight excluding hydrogens is 556 g/mol. The monoisotopic (exact) mass is 579 g/mol. The highest BCUT2D eigenvalue weighted by Crippen LogP contribution is 2.40. The Labute approximate surface area is 227 Å². The van der Waals surface area contributed by atoms with Crippen LogP contribution >= 0.6 is 23.3 Å². The van der Waals surface area contributed by atoms with E-state index in [0.717, 1.165) is 40.2 Å². The first-order chi connectivity index (χ1) is 18.0. The summed E-state index contributed by atoms with van der Waals surface area (Å²) in [7, 11) is -3.14. The van der Waals surface area contributed by atoms with E-state index < -0.39 is 27.3 Å². The van der Waals surface area contributed by atoms with Gasteiger partial charge in [-0.05, 0) is 48.3 Å². The molecule has 0 spiro atoms. The van der Waals surface area contributed by atoms with E-state index in [1.807, 2.05) is 13.8 Å². The van der Waals surface area contributed by atoms with Gasteiger partial charge < -0.3 is 10.0 Å². The van der Waals surface area contributed by atoms with Gasteiger partial charge in [0, 0.05) is 36.5 Å². The second-order valence-electron chi connectivity index (χ2n) is 8.68. The first-order valence-electron chi connectivity index (χ1n) is 11.4. The van der Waals surface area contributed by atoms with Gasteiger partial charge in [-0.25, -0.2) is 36.5 Å². The molecule has 0 saturated carbocycles. The van der Waals surface area contributed by atoms with Crippen LogP contribution in [-0.2, 0) is 9.84 Å². The predicted octanol–water partition coefficient (Wildman–Crippen LogP) is 6.38. The van der Waals surface area contributed by atoms with Crippen molar-refractivity contribution in [2.24, 2.45) is 0 Å². The molecule has 0 bridgehead atoms. The minimum absolute atomic E-state index is 0.0604. The van der Waals surface area contributed by atoms with Crippen molar-refractivity contribution in [2.75, 3.05) is 28.6 Å². The highest BCUT2D eigenvalue weighted by molar-refractivity contribution is 8.00. The molecule has 0 amide bonds. The topological polar surface area (TPSA) is 96.9 Å². The molecule has 4 aromatic rings. The SMILES string of the molecule is CC(C)c1nc(-c2ccc(F)c(NSc3ccc(F)cc3F)c2)c(-c2ccnc(NCCS(C)(=O)=O)n2)s1. The van der Waals surface area contributed by atoms with Crippen LogP contribution in [0.4, 0.5) is 24.8 Å². The summed E-state index contributed by atoms with van der Waals surface area (Å²) in [5.74, 6) is -1.67. The van der Waals surface area contributed by atoms with Crippen LogP contribution in [0.3, 0.4) is 0 Å².